The summed E-state index contributed by atoms with van der Waals surface area (Å²) in [6.45, 7) is 1.35. The molecule has 0 aromatic carbocycles. The van der Waals surface area contributed by atoms with Crippen LogP contribution in [0.15, 0.2) is 0 Å². The van der Waals surface area contributed by atoms with Crippen LogP contribution in [0.25, 0.3) is 0 Å². The van der Waals surface area contributed by atoms with E-state index in [1.54, 1.807) is 0 Å². The quantitative estimate of drug-likeness (QED) is 0.571. The van der Waals surface area contributed by atoms with Crippen LogP contribution in [0.3, 0.4) is 0 Å². The molecule has 0 heterocycles. The molecule has 1 saturated carbocycles. The Morgan fingerprint density at radius 3 is 2.08 bits per heavy atom. The molecule has 72 valence electrons. The topological polar surface area (TPSA) is 0 Å². The molecule has 0 atom stereocenters. The van der Waals surface area contributed by atoms with Gasteiger partial charge in [-0.1, -0.05) is 32.1 Å². The minimum absolute atomic E-state index is 1.05. The van der Waals surface area contributed by atoms with Gasteiger partial charge in [0.25, 0.3) is 0 Å². The van der Waals surface area contributed by atoms with Gasteiger partial charge in [0.2, 0.25) is 0 Å². The number of quaternary nitrogens is 1. The predicted octanol–water partition coefficient (Wildman–Crippen LogP) is 2.66. The lowest BCUT2D eigenvalue weighted by atomic mass is 9.87. The SMILES string of the molecule is C[N+](C)(C)CCC1CCCCC1. The molecule has 0 aromatic rings. The smallest absolute Gasteiger partial charge is 0.0783 e. The molecule has 0 radical (unpaired) electrons. The molecule has 1 aliphatic rings. The first-order valence-electron chi connectivity index (χ1n) is 5.38. The van der Waals surface area contributed by atoms with Crippen LogP contribution >= 0.6 is 0 Å². The normalized spacial score (nSPS) is 21.2. The average Bonchev–Trinajstić information content (AvgIpc) is 2.02. The maximum Gasteiger partial charge on any atom is 0.0783 e. The van der Waals surface area contributed by atoms with Crippen LogP contribution in [-0.4, -0.2) is 32.2 Å². The molecular formula is C11H24N+. The van der Waals surface area contributed by atoms with Gasteiger partial charge in [0, 0.05) is 0 Å². The summed E-state index contributed by atoms with van der Waals surface area (Å²) in [6, 6.07) is 0. The Morgan fingerprint density at radius 2 is 1.58 bits per heavy atom. The second-order valence-corrected chi connectivity index (χ2v) is 5.31. The van der Waals surface area contributed by atoms with E-state index >= 15 is 0 Å². The summed E-state index contributed by atoms with van der Waals surface area (Å²) < 4.78 is 1.14. The summed E-state index contributed by atoms with van der Waals surface area (Å²) in [5.74, 6) is 1.05. The zero-order chi connectivity index (χ0) is 9.03. The third-order valence-corrected chi connectivity index (χ3v) is 2.93. The number of rotatable bonds is 3. The van der Waals surface area contributed by atoms with Gasteiger partial charge in [-0.25, -0.2) is 0 Å². The van der Waals surface area contributed by atoms with Crippen LogP contribution in [0.5, 0.6) is 0 Å². The van der Waals surface area contributed by atoms with Gasteiger partial charge in [0.15, 0.2) is 0 Å². The van der Waals surface area contributed by atoms with Gasteiger partial charge in [0.1, 0.15) is 0 Å². The highest BCUT2D eigenvalue weighted by Crippen LogP contribution is 2.26. The molecule has 12 heavy (non-hydrogen) atoms. The highest BCUT2D eigenvalue weighted by molar-refractivity contribution is 4.65. The van der Waals surface area contributed by atoms with E-state index in [0.717, 1.165) is 10.4 Å². The highest BCUT2D eigenvalue weighted by atomic mass is 15.3. The van der Waals surface area contributed by atoms with E-state index < -0.39 is 0 Å². The Bertz CT molecular complexity index is 117. The zero-order valence-electron chi connectivity index (χ0n) is 8.97. The van der Waals surface area contributed by atoms with E-state index in [1.807, 2.05) is 0 Å². The van der Waals surface area contributed by atoms with Crippen molar-refractivity contribution in [1.29, 1.82) is 0 Å². The number of hydrogen-bond acceptors (Lipinski definition) is 0. The number of nitrogens with zero attached hydrogens (tertiary/aromatic N) is 1. The van der Waals surface area contributed by atoms with E-state index in [-0.39, 0.29) is 0 Å². The standard InChI is InChI=1S/C11H24N/c1-12(2,3)10-9-11-7-5-4-6-8-11/h11H,4-10H2,1-3H3/q+1. The molecule has 1 nitrogen and oxygen atoms in total. The average molecular weight is 170 g/mol. The highest BCUT2D eigenvalue weighted by Gasteiger charge is 2.16. The molecule has 0 aliphatic heterocycles. The molecule has 0 bridgehead atoms. The summed E-state index contributed by atoms with van der Waals surface area (Å²) in [5, 5.41) is 0. The van der Waals surface area contributed by atoms with Crippen LogP contribution in [0.2, 0.25) is 0 Å². The summed E-state index contributed by atoms with van der Waals surface area (Å²) >= 11 is 0. The second kappa shape index (κ2) is 4.27. The predicted molar refractivity (Wildman–Crippen MR) is 54.1 cm³/mol. The van der Waals surface area contributed by atoms with Crippen LogP contribution in [0.1, 0.15) is 38.5 Å². The van der Waals surface area contributed by atoms with Gasteiger partial charge in [-0.3, -0.25) is 0 Å². The molecule has 0 saturated heterocycles. The van der Waals surface area contributed by atoms with Gasteiger partial charge in [-0.15, -0.1) is 0 Å². The lowest BCUT2D eigenvalue weighted by molar-refractivity contribution is -0.871. The van der Waals surface area contributed by atoms with Crippen molar-refractivity contribution in [3.05, 3.63) is 0 Å². The first-order chi connectivity index (χ1) is 5.58. The lowest BCUT2D eigenvalue weighted by Gasteiger charge is -2.28. The Balaban J connectivity index is 2.13. The Labute approximate surface area is 77.4 Å². The van der Waals surface area contributed by atoms with Crippen molar-refractivity contribution in [2.24, 2.45) is 5.92 Å². The van der Waals surface area contributed by atoms with Gasteiger partial charge in [-0.05, 0) is 12.3 Å². The Kier molecular flexibility index (Phi) is 3.57. The van der Waals surface area contributed by atoms with Crippen LogP contribution < -0.4 is 0 Å². The Hall–Kier alpha value is -0.0400. The minimum atomic E-state index is 1.05. The first kappa shape index (κ1) is 10.0. The van der Waals surface area contributed by atoms with E-state index in [2.05, 4.69) is 21.1 Å². The molecular weight excluding hydrogens is 146 g/mol. The Morgan fingerprint density at radius 1 is 1.00 bits per heavy atom. The van der Waals surface area contributed by atoms with E-state index in [0.29, 0.717) is 0 Å². The van der Waals surface area contributed by atoms with Gasteiger partial charge in [-0.2, -0.15) is 0 Å². The lowest BCUT2D eigenvalue weighted by Crippen LogP contribution is -2.36. The zero-order valence-corrected chi connectivity index (χ0v) is 8.97. The monoisotopic (exact) mass is 170 g/mol. The molecule has 1 aliphatic carbocycles. The molecule has 0 spiro atoms. The molecule has 1 fully saturated rings. The molecule has 0 aromatic heterocycles. The van der Waals surface area contributed by atoms with Crippen LogP contribution in [-0.2, 0) is 0 Å². The fourth-order valence-corrected chi connectivity index (χ4v) is 2.05. The third-order valence-electron chi connectivity index (χ3n) is 2.93. The van der Waals surface area contributed by atoms with Crippen molar-refractivity contribution < 1.29 is 4.48 Å². The van der Waals surface area contributed by atoms with Crippen LogP contribution in [0.4, 0.5) is 0 Å². The molecule has 1 heteroatoms. The summed E-state index contributed by atoms with van der Waals surface area (Å²) in [6.07, 6.45) is 8.91. The van der Waals surface area contributed by atoms with Gasteiger partial charge >= 0.3 is 0 Å². The van der Waals surface area contributed by atoms with Crippen molar-refractivity contribution in [1.82, 2.24) is 0 Å². The fraction of sp³-hybridized carbons (Fsp3) is 1.00. The van der Waals surface area contributed by atoms with E-state index in [9.17, 15) is 0 Å². The van der Waals surface area contributed by atoms with Crippen LogP contribution in [0, 0.1) is 5.92 Å². The minimum Gasteiger partial charge on any atom is -0.331 e. The molecule has 0 amide bonds. The molecule has 0 N–H and O–H groups in total. The van der Waals surface area contributed by atoms with Crippen molar-refractivity contribution in [3.8, 4) is 0 Å². The van der Waals surface area contributed by atoms with Crippen molar-refractivity contribution >= 4 is 0 Å². The summed E-state index contributed by atoms with van der Waals surface area (Å²) in [5.41, 5.74) is 0. The van der Waals surface area contributed by atoms with Gasteiger partial charge in [0.05, 0.1) is 27.7 Å². The van der Waals surface area contributed by atoms with Crippen molar-refractivity contribution in [2.45, 2.75) is 38.5 Å². The third kappa shape index (κ3) is 4.10. The van der Waals surface area contributed by atoms with Crippen molar-refractivity contribution in [3.63, 3.8) is 0 Å². The summed E-state index contributed by atoms with van der Waals surface area (Å²) in [7, 11) is 6.88. The summed E-state index contributed by atoms with van der Waals surface area (Å²) in [4.78, 5) is 0. The largest absolute Gasteiger partial charge is 0.331 e. The molecule has 1 rings (SSSR count). The maximum atomic E-state index is 2.29. The van der Waals surface area contributed by atoms with Crippen molar-refractivity contribution in [2.75, 3.05) is 27.7 Å². The fourth-order valence-electron chi connectivity index (χ4n) is 2.05. The maximum absolute atomic E-state index is 2.29. The molecule has 0 unspecified atom stereocenters. The van der Waals surface area contributed by atoms with Gasteiger partial charge < -0.3 is 4.48 Å². The van der Waals surface area contributed by atoms with E-state index in [4.69, 9.17) is 0 Å². The number of hydrogen-bond donors (Lipinski definition) is 0. The van der Waals surface area contributed by atoms with E-state index in [1.165, 1.54) is 45.1 Å². The first-order valence-corrected chi connectivity index (χ1v) is 5.38. The second-order valence-electron chi connectivity index (χ2n) is 5.31.